The molecule has 0 aromatic rings. The van der Waals surface area contributed by atoms with Crippen LogP contribution in [0.4, 0.5) is 0 Å². The molecule has 0 amide bonds. The number of carbonyl (C=O) groups is 1. The third kappa shape index (κ3) is 0.825. The maximum absolute atomic E-state index is 11.7. The highest BCUT2D eigenvalue weighted by atomic mass is 16.1. The smallest absolute Gasteiger partial charge is 0.166 e. The lowest BCUT2D eigenvalue weighted by atomic mass is 9.78. The molecule has 0 N–H and O–H groups in total. The molecule has 1 spiro atoms. The Morgan fingerprint density at radius 1 is 1.42 bits per heavy atom. The first kappa shape index (κ1) is 7.78. The second-order valence-electron chi connectivity index (χ2n) is 4.04. The van der Waals surface area contributed by atoms with Gasteiger partial charge in [-0.25, -0.2) is 0 Å². The number of rotatable bonds is 0. The predicted octanol–water partition coefficient (Wildman–Crippen LogP) is 2.63. The molecular weight excluding hydrogens is 148 g/mol. The van der Waals surface area contributed by atoms with Gasteiger partial charge in [0.25, 0.3) is 0 Å². The van der Waals surface area contributed by atoms with E-state index in [0.29, 0.717) is 5.78 Å². The molecule has 0 fully saturated rings. The highest BCUT2D eigenvalue weighted by Crippen LogP contribution is 2.48. The van der Waals surface area contributed by atoms with E-state index in [4.69, 9.17) is 0 Å². The number of ketones is 1. The highest BCUT2D eigenvalue weighted by Gasteiger charge is 2.43. The van der Waals surface area contributed by atoms with Crippen LogP contribution in [0.1, 0.15) is 33.1 Å². The summed E-state index contributed by atoms with van der Waals surface area (Å²) in [5, 5.41) is 0. The minimum Gasteiger partial charge on any atom is -0.294 e. The van der Waals surface area contributed by atoms with Gasteiger partial charge in [-0.15, -0.1) is 0 Å². The number of allylic oxidation sites excluding steroid dienone is 4. The second kappa shape index (κ2) is 2.32. The zero-order chi connectivity index (χ0) is 8.77. The van der Waals surface area contributed by atoms with Crippen molar-refractivity contribution in [3.05, 3.63) is 23.3 Å². The van der Waals surface area contributed by atoms with Crippen molar-refractivity contribution in [2.24, 2.45) is 5.41 Å². The van der Waals surface area contributed by atoms with E-state index in [1.807, 2.05) is 6.08 Å². The molecule has 0 aliphatic heterocycles. The van der Waals surface area contributed by atoms with E-state index in [9.17, 15) is 4.79 Å². The molecule has 0 saturated heterocycles. The SMILES string of the molecule is CC1=CC(=O)[C@@]2(CCC=C2C)C1. The van der Waals surface area contributed by atoms with Crippen LogP contribution in [0.5, 0.6) is 0 Å². The second-order valence-corrected chi connectivity index (χ2v) is 4.04. The van der Waals surface area contributed by atoms with Crippen LogP contribution >= 0.6 is 0 Å². The van der Waals surface area contributed by atoms with Crippen molar-refractivity contribution >= 4 is 5.78 Å². The van der Waals surface area contributed by atoms with Gasteiger partial charge in [0.1, 0.15) is 0 Å². The third-order valence-electron chi connectivity index (χ3n) is 3.21. The van der Waals surface area contributed by atoms with Gasteiger partial charge < -0.3 is 0 Å². The largest absolute Gasteiger partial charge is 0.294 e. The molecule has 2 aliphatic rings. The van der Waals surface area contributed by atoms with Gasteiger partial charge in [0.15, 0.2) is 5.78 Å². The molecule has 0 bridgehead atoms. The minimum absolute atomic E-state index is 0.0932. The Balaban J connectivity index is 2.37. The normalized spacial score (nSPS) is 34.3. The van der Waals surface area contributed by atoms with Crippen LogP contribution < -0.4 is 0 Å². The van der Waals surface area contributed by atoms with E-state index in [1.54, 1.807) is 0 Å². The summed E-state index contributed by atoms with van der Waals surface area (Å²) in [5.41, 5.74) is 2.44. The Bertz CT molecular complexity index is 296. The van der Waals surface area contributed by atoms with E-state index in [-0.39, 0.29) is 5.41 Å². The summed E-state index contributed by atoms with van der Waals surface area (Å²) >= 11 is 0. The first-order chi connectivity index (χ1) is 5.65. The number of carbonyl (C=O) groups excluding carboxylic acids is 1. The van der Waals surface area contributed by atoms with Crippen molar-refractivity contribution in [3.63, 3.8) is 0 Å². The van der Waals surface area contributed by atoms with Crippen molar-refractivity contribution in [3.8, 4) is 0 Å². The Hall–Kier alpha value is -0.850. The molecule has 0 saturated carbocycles. The van der Waals surface area contributed by atoms with Gasteiger partial charge in [0.05, 0.1) is 5.41 Å². The Labute approximate surface area is 73.2 Å². The van der Waals surface area contributed by atoms with Gasteiger partial charge >= 0.3 is 0 Å². The van der Waals surface area contributed by atoms with Crippen LogP contribution in [0, 0.1) is 5.41 Å². The van der Waals surface area contributed by atoms with Crippen molar-refractivity contribution < 1.29 is 4.79 Å². The average Bonchev–Trinajstić information content (AvgIpc) is 2.44. The first-order valence-electron chi connectivity index (χ1n) is 4.54. The quantitative estimate of drug-likeness (QED) is 0.500. The topological polar surface area (TPSA) is 17.1 Å². The minimum atomic E-state index is -0.0932. The van der Waals surface area contributed by atoms with Gasteiger partial charge in [-0.1, -0.05) is 17.2 Å². The molecule has 0 unspecified atom stereocenters. The molecule has 12 heavy (non-hydrogen) atoms. The Morgan fingerprint density at radius 3 is 2.58 bits per heavy atom. The Morgan fingerprint density at radius 2 is 2.17 bits per heavy atom. The van der Waals surface area contributed by atoms with E-state index in [2.05, 4.69) is 19.9 Å². The zero-order valence-electron chi connectivity index (χ0n) is 7.68. The maximum Gasteiger partial charge on any atom is 0.166 e. The molecule has 1 atom stereocenters. The van der Waals surface area contributed by atoms with Crippen LogP contribution in [-0.2, 0) is 4.79 Å². The molecule has 2 aliphatic carbocycles. The van der Waals surface area contributed by atoms with Gasteiger partial charge in [0.2, 0.25) is 0 Å². The lowest BCUT2D eigenvalue weighted by Crippen LogP contribution is -2.24. The standard InChI is InChI=1S/C11H14O/c1-8-6-10(12)11(7-8)5-3-4-9(11)2/h4,6H,3,5,7H2,1-2H3/t11-/m0/s1. The highest BCUT2D eigenvalue weighted by molar-refractivity contribution is 6.00. The van der Waals surface area contributed by atoms with Crippen molar-refractivity contribution in [2.75, 3.05) is 0 Å². The molecule has 2 rings (SSSR count). The average molecular weight is 162 g/mol. The van der Waals surface area contributed by atoms with Gasteiger partial charge in [-0.05, 0) is 39.2 Å². The van der Waals surface area contributed by atoms with Gasteiger partial charge in [0, 0.05) is 0 Å². The fraction of sp³-hybridized carbons (Fsp3) is 0.545. The monoisotopic (exact) mass is 162 g/mol. The van der Waals surface area contributed by atoms with Crippen LogP contribution in [0.15, 0.2) is 23.3 Å². The van der Waals surface area contributed by atoms with Gasteiger partial charge in [-0.3, -0.25) is 4.79 Å². The van der Waals surface area contributed by atoms with Crippen molar-refractivity contribution in [2.45, 2.75) is 33.1 Å². The van der Waals surface area contributed by atoms with E-state index in [0.717, 1.165) is 19.3 Å². The van der Waals surface area contributed by atoms with Crippen LogP contribution in [0.2, 0.25) is 0 Å². The fourth-order valence-corrected chi connectivity index (χ4v) is 2.45. The van der Waals surface area contributed by atoms with Crippen LogP contribution in [-0.4, -0.2) is 5.78 Å². The molecule has 1 nitrogen and oxygen atoms in total. The summed E-state index contributed by atoms with van der Waals surface area (Å²) in [7, 11) is 0. The number of hydrogen-bond acceptors (Lipinski definition) is 1. The fourth-order valence-electron chi connectivity index (χ4n) is 2.45. The summed E-state index contributed by atoms with van der Waals surface area (Å²) in [6.07, 6.45) is 7.12. The molecule has 64 valence electrons. The third-order valence-corrected chi connectivity index (χ3v) is 3.21. The first-order valence-corrected chi connectivity index (χ1v) is 4.54. The molecular formula is C11H14O. The molecule has 0 aromatic heterocycles. The van der Waals surface area contributed by atoms with Gasteiger partial charge in [-0.2, -0.15) is 0 Å². The summed E-state index contributed by atoms with van der Waals surface area (Å²) in [5.74, 6) is 0.339. The van der Waals surface area contributed by atoms with E-state index >= 15 is 0 Å². The van der Waals surface area contributed by atoms with Crippen molar-refractivity contribution in [1.29, 1.82) is 0 Å². The molecule has 0 heterocycles. The van der Waals surface area contributed by atoms with E-state index in [1.165, 1.54) is 11.1 Å². The number of hydrogen-bond donors (Lipinski definition) is 0. The van der Waals surface area contributed by atoms with Crippen LogP contribution in [0.3, 0.4) is 0 Å². The predicted molar refractivity (Wildman–Crippen MR) is 48.8 cm³/mol. The summed E-state index contributed by atoms with van der Waals surface area (Å²) < 4.78 is 0. The summed E-state index contributed by atoms with van der Waals surface area (Å²) in [6.45, 7) is 4.15. The maximum atomic E-state index is 11.7. The van der Waals surface area contributed by atoms with Crippen molar-refractivity contribution in [1.82, 2.24) is 0 Å². The van der Waals surface area contributed by atoms with E-state index < -0.39 is 0 Å². The lowest BCUT2D eigenvalue weighted by molar-refractivity contribution is -0.120. The summed E-state index contributed by atoms with van der Waals surface area (Å²) in [4.78, 5) is 11.7. The molecule has 0 aromatic carbocycles. The molecule has 0 radical (unpaired) electrons. The zero-order valence-corrected chi connectivity index (χ0v) is 7.68. The van der Waals surface area contributed by atoms with Crippen LogP contribution in [0.25, 0.3) is 0 Å². The molecule has 1 heteroatoms. The Kier molecular flexibility index (Phi) is 1.50. The summed E-state index contributed by atoms with van der Waals surface area (Å²) in [6, 6.07) is 0. The lowest BCUT2D eigenvalue weighted by Gasteiger charge is -2.23.